The zero-order chi connectivity index (χ0) is 12.1. The molecule has 1 amide bonds. The Bertz CT molecular complexity index is 392. The van der Waals surface area contributed by atoms with Gasteiger partial charge >= 0.3 is 0 Å². The van der Waals surface area contributed by atoms with Gasteiger partial charge in [0.2, 0.25) is 0 Å². The third-order valence-electron chi connectivity index (χ3n) is 1.77. The van der Waals surface area contributed by atoms with E-state index < -0.39 is 5.91 Å². The highest BCUT2D eigenvalue weighted by Gasteiger charge is 2.04. The lowest BCUT2D eigenvalue weighted by atomic mass is 10.2. The number of rotatable bonds is 4. The van der Waals surface area contributed by atoms with Crippen LogP contribution in [-0.4, -0.2) is 11.1 Å². The van der Waals surface area contributed by atoms with Gasteiger partial charge in [0, 0.05) is 11.9 Å². The van der Waals surface area contributed by atoms with E-state index in [9.17, 15) is 4.79 Å². The number of carbonyl (C=O) groups is 1. The van der Waals surface area contributed by atoms with Gasteiger partial charge in [-0.2, -0.15) is 0 Å². The van der Waals surface area contributed by atoms with Crippen molar-refractivity contribution in [3.8, 4) is 0 Å². The molecule has 1 rings (SSSR count). The van der Waals surface area contributed by atoms with Gasteiger partial charge in [0.15, 0.2) is 0 Å². The summed E-state index contributed by atoms with van der Waals surface area (Å²) in [4.78, 5) is 15.5. The number of hydrazine groups is 1. The van der Waals surface area contributed by atoms with Crippen LogP contribution in [0.2, 0.25) is 5.02 Å². The van der Waals surface area contributed by atoms with Crippen molar-refractivity contribution in [1.82, 2.24) is 10.7 Å². The van der Waals surface area contributed by atoms with Crippen LogP contribution in [0.3, 0.4) is 0 Å². The number of benzene rings is 1. The highest BCUT2D eigenvalue weighted by atomic mass is 35.5. The molecule has 3 N–H and O–H groups in total. The van der Waals surface area contributed by atoms with Crippen molar-refractivity contribution in [2.75, 3.05) is 0 Å². The highest BCUT2D eigenvalue weighted by Crippen LogP contribution is 2.14. The summed E-state index contributed by atoms with van der Waals surface area (Å²) in [5, 5.41) is 1.20. The maximum Gasteiger partial charge on any atom is 0.260 e. The molecule has 0 atom stereocenters. The van der Waals surface area contributed by atoms with E-state index in [4.69, 9.17) is 22.4 Å². The molecule has 6 heteroatoms. The Hall–Kier alpha value is -1.56. The summed E-state index contributed by atoms with van der Waals surface area (Å²) in [6.07, 6.45) is 0. The molecule has 0 unspecified atom stereocenters. The van der Waals surface area contributed by atoms with Gasteiger partial charge in [-0.1, -0.05) is 30.3 Å². The predicted molar refractivity (Wildman–Crippen MR) is 61.4 cm³/mol. The summed E-state index contributed by atoms with van der Waals surface area (Å²) >= 11 is 5.73. The minimum absolute atomic E-state index is 0.434. The Morgan fingerprint density at radius 2 is 2.06 bits per heavy atom. The van der Waals surface area contributed by atoms with E-state index in [2.05, 4.69) is 12.1 Å². The molecular formula is C10H12ClN3O2. The van der Waals surface area contributed by atoms with Crippen LogP contribution in [0.25, 0.3) is 5.70 Å². The number of nitrogens with two attached hydrogens (primary N) is 1. The number of nitrogens with zero attached hydrogens (tertiary/aromatic N) is 1. The van der Waals surface area contributed by atoms with Crippen LogP contribution in [0.5, 0.6) is 0 Å². The zero-order valence-electron chi connectivity index (χ0n) is 8.74. The summed E-state index contributed by atoms with van der Waals surface area (Å²) in [7, 11) is 0. The molecule has 5 nitrogen and oxygen atoms in total. The molecule has 0 heterocycles. The number of nitrogens with one attached hydrogen (secondary N) is 1. The average Bonchev–Trinajstić information content (AvgIpc) is 2.26. The van der Waals surface area contributed by atoms with Crippen molar-refractivity contribution < 1.29 is 9.73 Å². The molecule has 1 aromatic carbocycles. The quantitative estimate of drug-likeness (QED) is 0.476. The summed E-state index contributed by atoms with van der Waals surface area (Å²) in [6.45, 7) is 4.98. The minimum Gasteiger partial charge on any atom is -0.271 e. The maximum absolute atomic E-state index is 10.7. The maximum atomic E-state index is 10.7. The Morgan fingerprint density at radius 1 is 1.50 bits per heavy atom. The second-order valence-corrected chi connectivity index (χ2v) is 3.46. The molecule has 0 aliphatic heterocycles. The predicted octanol–water partition coefficient (Wildman–Crippen LogP) is 1.47. The van der Waals surface area contributed by atoms with E-state index in [-0.39, 0.29) is 0 Å². The topological polar surface area (TPSA) is 67.6 Å². The Morgan fingerprint density at radius 3 is 2.56 bits per heavy atom. The fourth-order valence-electron chi connectivity index (χ4n) is 0.879. The Labute approximate surface area is 98.3 Å². The molecule has 0 spiro atoms. The smallest absolute Gasteiger partial charge is 0.260 e. The van der Waals surface area contributed by atoms with Crippen LogP contribution in [0.1, 0.15) is 12.5 Å². The van der Waals surface area contributed by atoms with E-state index in [1.807, 2.05) is 0 Å². The number of hydrogen-bond donors (Lipinski definition) is 2. The molecule has 0 bridgehead atoms. The van der Waals surface area contributed by atoms with Crippen LogP contribution in [0.15, 0.2) is 30.8 Å². The molecule has 0 aliphatic rings. The molecule has 0 radical (unpaired) electrons. The Kier molecular flexibility index (Phi) is 4.30. The van der Waals surface area contributed by atoms with E-state index >= 15 is 0 Å². The van der Waals surface area contributed by atoms with E-state index in [0.717, 1.165) is 5.56 Å². The number of carbonyl (C=O) groups excluding carboxylic acids is 1. The Balaban J connectivity index is 2.53. The van der Waals surface area contributed by atoms with Crippen molar-refractivity contribution in [2.45, 2.75) is 6.92 Å². The molecule has 86 valence electrons. The number of hydroxylamine groups is 2. The van der Waals surface area contributed by atoms with E-state index in [1.165, 1.54) is 6.92 Å². The number of hydrogen-bond acceptors (Lipinski definition) is 4. The average molecular weight is 242 g/mol. The standard InChI is InChI=1S/C10H12ClN3O2/c1-7(13-16-14(12)8(2)15)9-3-5-10(11)6-4-9/h3-6,13H,1,12H2,2H3. The first-order valence-electron chi connectivity index (χ1n) is 4.44. The first-order valence-corrected chi connectivity index (χ1v) is 4.81. The SMILES string of the molecule is C=C(NON(N)C(C)=O)c1ccc(Cl)cc1. The first kappa shape index (κ1) is 12.5. The van der Waals surface area contributed by atoms with Gasteiger partial charge in [-0.15, -0.1) is 10.1 Å². The van der Waals surface area contributed by atoms with Crippen LogP contribution in [-0.2, 0) is 9.73 Å². The van der Waals surface area contributed by atoms with Crippen molar-refractivity contribution in [3.63, 3.8) is 0 Å². The van der Waals surface area contributed by atoms with Gasteiger partial charge in [0.25, 0.3) is 5.91 Å². The fourth-order valence-corrected chi connectivity index (χ4v) is 1.00. The van der Waals surface area contributed by atoms with Crippen molar-refractivity contribution in [1.29, 1.82) is 0 Å². The van der Waals surface area contributed by atoms with Gasteiger partial charge in [0.05, 0.1) is 5.70 Å². The molecule has 16 heavy (non-hydrogen) atoms. The van der Waals surface area contributed by atoms with Crippen LogP contribution < -0.4 is 11.3 Å². The zero-order valence-corrected chi connectivity index (χ0v) is 9.49. The largest absolute Gasteiger partial charge is 0.271 e. The van der Waals surface area contributed by atoms with Crippen molar-refractivity contribution in [3.05, 3.63) is 41.4 Å². The lowest BCUT2D eigenvalue weighted by Gasteiger charge is -2.15. The molecular weight excluding hydrogens is 230 g/mol. The number of amides is 1. The third-order valence-corrected chi connectivity index (χ3v) is 2.02. The van der Waals surface area contributed by atoms with Crippen LogP contribution in [0, 0.1) is 0 Å². The summed E-state index contributed by atoms with van der Waals surface area (Å²) in [5.41, 5.74) is 3.69. The molecule has 1 aromatic rings. The minimum atomic E-state index is -0.434. The molecule has 0 aromatic heterocycles. The van der Waals surface area contributed by atoms with Gasteiger partial charge < -0.3 is 0 Å². The highest BCUT2D eigenvalue weighted by molar-refractivity contribution is 6.30. The van der Waals surface area contributed by atoms with Crippen LogP contribution in [0.4, 0.5) is 0 Å². The van der Waals surface area contributed by atoms with Crippen LogP contribution >= 0.6 is 11.6 Å². The monoisotopic (exact) mass is 241 g/mol. The van der Waals surface area contributed by atoms with Gasteiger partial charge in [-0.25, -0.2) is 11.3 Å². The molecule has 0 saturated carbocycles. The van der Waals surface area contributed by atoms with E-state index in [0.29, 0.717) is 15.9 Å². The summed E-state index contributed by atoms with van der Waals surface area (Å²) < 4.78 is 0. The van der Waals surface area contributed by atoms with Gasteiger partial charge in [0.1, 0.15) is 0 Å². The molecule has 0 aliphatic carbocycles. The second-order valence-electron chi connectivity index (χ2n) is 3.02. The third kappa shape index (κ3) is 3.54. The van der Waals surface area contributed by atoms with Crippen molar-refractivity contribution in [2.24, 2.45) is 5.84 Å². The number of halogens is 1. The summed E-state index contributed by atoms with van der Waals surface area (Å²) in [5.74, 6) is 4.77. The molecule has 0 fully saturated rings. The normalized spacial score (nSPS) is 9.69. The van der Waals surface area contributed by atoms with Gasteiger partial charge in [-0.05, 0) is 17.7 Å². The van der Waals surface area contributed by atoms with Gasteiger partial charge in [-0.3, -0.25) is 4.79 Å². The molecule has 0 saturated heterocycles. The summed E-state index contributed by atoms with van der Waals surface area (Å²) in [6, 6.07) is 6.95. The fraction of sp³-hybridized carbons (Fsp3) is 0.100. The first-order chi connectivity index (χ1) is 7.50. The lowest BCUT2D eigenvalue weighted by Crippen LogP contribution is -2.39. The van der Waals surface area contributed by atoms with Crippen molar-refractivity contribution >= 4 is 23.2 Å². The lowest BCUT2D eigenvalue weighted by molar-refractivity contribution is -0.204. The second kappa shape index (κ2) is 5.50. The van der Waals surface area contributed by atoms with E-state index in [1.54, 1.807) is 24.3 Å².